The fraction of sp³-hybridized carbons (Fsp3) is 0.615. The molecule has 1 aliphatic rings. The van der Waals surface area contributed by atoms with Crippen molar-refractivity contribution < 1.29 is 22.6 Å². The SMILES string of the molecule is COCC1CCOCCN1c1ncc(C(F)(F)F)cc1Cl. The number of alkyl halides is 3. The minimum absolute atomic E-state index is 0.0205. The van der Waals surface area contributed by atoms with Crippen LogP contribution in [-0.4, -0.2) is 44.5 Å². The molecule has 1 aliphatic heterocycles. The Morgan fingerprint density at radius 3 is 2.86 bits per heavy atom. The lowest BCUT2D eigenvalue weighted by atomic mass is 10.2. The van der Waals surface area contributed by atoms with Gasteiger partial charge in [-0.25, -0.2) is 4.98 Å². The lowest BCUT2D eigenvalue weighted by Crippen LogP contribution is -2.40. The first-order valence-electron chi connectivity index (χ1n) is 6.49. The van der Waals surface area contributed by atoms with E-state index < -0.39 is 11.7 Å². The fourth-order valence-electron chi connectivity index (χ4n) is 2.26. The van der Waals surface area contributed by atoms with Crippen molar-refractivity contribution in [3.63, 3.8) is 0 Å². The van der Waals surface area contributed by atoms with Crippen molar-refractivity contribution in [3.8, 4) is 0 Å². The van der Waals surface area contributed by atoms with E-state index in [1.807, 2.05) is 4.90 Å². The second-order valence-electron chi connectivity index (χ2n) is 4.73. The molecule has 2 rings (SSSR count). The minimum Gasteiger partial charge on any atom is -0.383 e. The second-order valence-corrected chi connectivity index (χ2v) is 5.14. The molecule has 8 heteroatoms. The van der Waals surface area contributed by atoms with Crippen LogP contribution in [0.5, 0.6) is 0 Å². The van der Waals surface area contributed by atoms with Gasteiger partial charge in [-0.15, -0.1) is 0 Å². The summed E-state index contributed by atoms with van der Waals surface area (Å²) >= 11 is 6.00. The number of aromatic nitrogens is 1. The Balaban J connectivity index is 2.29. The highest BCUT2D eigenvalue weighted by molar-refractivity contribution is 6.33. The maximum absolute atomic E-state index is 12.7. The number of hydrogen-bond donors (Lipinski definition) is 0. The molecule has 0 spiro atoms. The summed E-state index contributed by atoms with van der Waals surface area (Å²) in [4.78, 5) is 5.75. The lowest BCUT2D eigenvalue weighted by Gasteiger charge is -2.30. The maximum atomic E-state index is 12.7. The third-order valence-electron chi connectivity index (χ3n) is 3.29. The maximum Gasteiger partial charge on any atom is 0.417 e. The van der Waals surface area contributed by atoms with E-state index in [1.165, 1.54) is 0 Å². The molecule has 0 N–H and O–H groups in total. The number of nitrogens with zero attached hydrogens (tertiary/aromatic N) is 2. The molecule has 0 aromatic carbocycles. The Hall–Kier alpha value is -1.05. The van der Waals surface area contributed by atoms with Gasteiger partial charge in [-0.2, -0.15) is 13.2 Å². The number of pyridine rings is 1. The zero-order chi connectivity index (χ0) is 15.5. The molecule has 1 saturated heterocycles. The van der Waals surface area contributed by atoms with Crippen LogP contribution in [0.1, 0.15) is 12.0 Å². The van der Waals surface area contributed by atoms with Crippen molar-refractivity contribution in [3.05, 3.63) is 22.8 Å². The molecule has 21 heavy (non-hydrogen) atoms. The molecule has 0 saturated carbocycles. The van der Waals surface area contributed by atoms with Crippen molar-refractivity contribution in [1.82, 2.24) is 4.98 Å². The Labute approximate surface area is 125 Å². The summed E-state index contributed by atoms with van der Waals surface area (Å²) < 4.78 is 48.5. The summed E-state index contributed by atoms with van der Waals surface area (Å²) in [6.07, 6.45) is -2.95. The molecule has 0 amide bonds. The van der Waals surface area contributed by atoms with E-state index in [2.05, 4.69) is 4.98 Å². The van der Waals surface area contributed by atoms with E-state index >= 15 is 0 Å². The van der Waals surface area contributed by atoms with Crippen LogP contribution in [0.3, 0.4) is 0 Å². The van der Waals surface area contributed by atoms with E-state index in [9.17, 15) is 13.2 Å². The van der Waals surface area contributed by atoms with Crippen LogP contribution < -0.4 is 4.90 Å². The summed E-state index contributed by atoms with van der Waals surface area (Å²) in [5.74, 6) is 0.331. The molecule has 0 bridgehead atoms. The number of hydrogen-bond acceptors (Lipinski definition) is 4. The first-order valence-corrected chi connectivity index (χ1v) is 6.87. The summed E-state index contributed by atoms with van der Waals surface area (Å²) in [7, 11) is 1.58. The topological polar surface area (TPSA) is 34.6 Å². The molecule has 1 aromatic rings. The number of ether oxygens (including phenoxy) is 2. The molecule has 4 nitrogen and oxygen atoms in total. The Morgan fingerprint density at radius 2 is 2.24 bits per heavy atom. The standard InChI is InChI=1S/C13H16ClF3N2O2/c1-20-8-10-2-4-21-5-3-19(10)12-11(14)6-9(7-18-12)13(15,16)17/h6-7,10H,2-5,8H2,1H3. The Bertz CT molecular complexity index is 485. The number of rotatable bonds is 3. The summed E-state index contributed by atoms with van der Waals surface area (Å²) in [6.45, 7) is 1.98. The van der Waals surface area contributed by atoms with Crippen molar-refractivity contribution in [2.45, 2.75) is 18.6 Å². The number of methoxy groups -OCH3 is 1. The van der Waals surface area contributed by atoms with Gasteiger partial charge in [0.2, 0.25) is 0 Å². The van der Waals surface area contributed by atoms with Gasteiger partial charge in [-0.05, 0) is 12.5 Å². The average Bonchev–Trinajstić information content (AvgIpc) is 2.64. The summed E-state index contributed by atoms with van der Waals surface area (Å²) in [5.41, 5.74) is -0.856. The van der Waals surface area contributed by atoms with Crippen LogP contribution >= 0.6 is 11.6 Å². The van der Waals surface area contributed by atoms with Gasteiger partial charge in [0.1, 0.15) is 5.82 Å². The number of anilines is 1. The zero-order valence-electron chi connectivity index (χ0n) is 11.5. The van der Waals surface area contributed by atoms with E-state index in [1.54, 1.807) is 7.11 Å². The van der Waals surface area contributed by atoms with Gasteiger partial charge in [-0.1, -0.05) is 11.6 Å². The van der Waals surface area contributed by atoms with Crippen LogP contribution in [-0.2, 0) is 15.7 Å². The first kappa shape index (κ1) is 16.3. The molecular formula is C13H16ClF3N2O2. The smallest absolute Gasteiger partial charge is 0.383 e. The van der Waals surface area contributed by atoms with Crippen molar-refractivity contribution in [1.29, 1.82) is 0 Å². The molecule has 1 fully saturated rings. The molecule has 2 heterocycles. The molecule has 1 aromatic heterocycles. The molecule has 0 radical (unpaired) electrons. The molecule has 1 unspecified atom stereocenters. The third-order valence-corrected chi connectivity index (χ3v) is 3.57. The largest absolute Gasteiger partial charge is 0.417 e. The van der Waals surface area contributed by atoms with Gasteiger partial charge in [0.15, 0.2) is 0 Å². The van der Waals surface area contributed by atoms with E-state index in [-0.39, 0.29) is 11.1 Å². The predicted octanol–water partition coefficient (Wildman–Crippen LogP) is 3.00. The monoisotopic (exact) mass is 324 g/mol. The van der Waals surface area contributed by atoms with Gasteiger partial charge < -0.3 is 14.4 Å². The Kier molecular flexibility index (Phi) is 5.29. The first-order chi connectivity index (χ1) is 9.93. The van der Waals surface area contributed by atoms with Crippen LogP contribution in [0.15, 0.2) is 12.3 Å². The van der Waals surface area contributed by atoms with Crippen molar-refractivity contribution in [2.24, 2.45) is 0 Å². The van der Waals surface area contributed by atoms with E-state index in [4.69, 9.17) is 21.1 Å². The van der Waals surface area contributed by atoms with Crippen LogP contribution in [0, 0.1) is 0 Å². The zero-order valence-corrected chi connectivity index (χ0v) is 12.2. The molecule has 1 atom stereocenters. The van der Waals surface area contributed by atoms with Gasteiger partial charge in [-0.3, -0.25) is 0 Å². The van der Waals surface area contributed by atoms with Gasteiger partial charge in [0.25, 0.3) is 0 Å². The van der Waals surface area contributed by atoms with E-state index in [0.29, 0.717) is 38.6 Å². The van der Waals surface area contributed by atoms with E-state index in [0.717, 1.165) is 12.3 Å². The average molecular weight is 325 g/mol. The Morgan fingerprint density at radius 1 is 1.48 bits per heavy atom. The molecule has 118 valence electrons. The quantitative estimate of drug-likeness (QED) is 0.856. The predicted molar refractivity (Wildman–Crippen MR) is 72.7 cm³/mol. The normalized spacial score (nSPS) is 20.4. The van der Waals surface area contributed by atoms with Gasteiger partial charge in [0, 0.05) is 26.5 Å². The highest BCUT2D eigenvalue weighted by Gasteiger charge is 2.33. The highest BCUT2D eigenvalue weighted by atomic mass is 35.5. The highest BCUT2D eigenvalue weighted by Crippen LogP contribution is 2.34. The van der Waals surface area contributed by atoms with Crippen LogP contribution in [0.25, 0.3) is 0 Å². The lowest BCUT2D eigenvalue weighted by molar-refractivity contribution is -0.137. The summed E-state index contributed by atoms with van der Waals surface area (Å²) in [5, 5.41) is -0.0205. The van der Waals surface area contributed by atoms with Crippen LogP contribution in [0.4, 0.5) is 19.0 Å². The van der Waals surface area contributed by atoms with Gasteiger partial charge >= 0.3 is 6.18 Å². The third kappa shape index (κ3) is 3.99. The van der Waals surface area contributed by atoms with Crippen LogP contribution in [0.2, 0.25) is 5.02 Å². The summed E-state index contributed by atoms with van der Waals surface area (Å²) in [6, 6.07) is 0.874. The molecular weight excluding hydrogens is 309 g/mol. The fourth-order valence-corrected chi connectivity index (χ4v) is 2.54. The van der Waals surface area contributed by atoms with Crippen molar-refractivity contribution >= 4 is 17.4 Å². The number of halogens is 4. The van der Waals surface area contributed by atoms with Gasteiger partial charge in [0.05, 0.1) is 29.8 Å². The van der Waals surface area contributed by atoms with Crippen molar-refractivity contribution in [2.75, 3.05) is 38.4 Å². The second kappa shape index (κ2) is 6.81. The minimum atomic E-state index is -4.46. The molecule has 0 aliphatic carbocycles.